The molecule has 0 aromatic rings. The zero-order valence-corrected chi connectivity index (χ0v) is 9.84. The standard InChI is InChI=1S/C11H17BrO/c1-11(2)6-10(13)8-5-7(12)3-4-9(8)11/h5,8-10,13H,3-4,6H2,1-2H3/t8-,9+,10-/m1/s1. The van der Waals surface area contributed by atoms with Crippen LogP contribution in [0.3, 0.4) is 0 Å². The molecule has 74 valence electrons. The number of hydrogen-bond donors (Lipinski definition) is 1. The van der Waals surface area contributed by atoms with Crippen molar-refractivity contribution in [1.82, 2.24) is 0 Å². The number of hydrogen-bond acceptors (Lipinski definition) is 1. The van der Waals surface area contributed by atoms with E-state index in [0.717, 1.165) is 12.8 Å². The fourth-order valence-electron chi connectivity index (χ4n) is 3.01. The Labute approximate surface area is 88.3 Å². The molecule has 1 nitrogen and oxygen atoms in total. The van der Waals surface area contributed by atoms with Crippen molar-refractivity contribution in [3.05, 3.63) is 10.6 Å². The normalized spacial score (nSPS) is 42.8. The predicted octanol–water partition coefficient (Wildman–Crippen LogP) is 3.08. The van der Waals surface area contributed by atoms with Crippen LogP contribution >= 0.6 is 15.9 Å². The summed E-state index contributed by atoms with van der Waals surface area (Å²) in [6, 6.07) is 0. The fraction of sp³-hybridized carbons (Fsp3) is 0.818. The highest BCUT2D eigenvalue weighted by Crippen LogP contribution is 2.52. The lowest BCUT2D eigenvalue weighted by molar-refractivity contribution is 0.137. The molecule has 0 bridgehead atoms. The molecule has 3 atom stereocenters. The van der Waals surface area contributed by atoms with Gasteiger partial charge in [-0.3, -0.25) is 0 Å². The quantitative estimate of drug-likeness (QED) is 0.695. The molecule has 1 saturated carbocycles. The molecule has 0 aromatic heterocycles. The van der Waals surface area contributed by atoms with Gasteiger partial charge in [-0.15, -0.1) is 0 Å². The topological polar surface area (TPSA) is 20.2 Å². The zero-order valence-electron chi connectivity index (χ0n) is 8.26. The van der Waals surface area contributed by atoms with Gasteiger partial charge < -0.3 is 5.11 Å². The Morgan fingerprint density at radius 2 is 2.23 bits per heavy atom. The largest absolute Gasteiger partial charge is 0.392 e. The van der Waals surface area contributed by atoms with Crippen molar-refractivity contribution in [2.75, 3.05) is 0 Å². The molecule has 2 aliphatic rings. The van der Waals surface area contributed by atoms with Gasteiger partial charge in [0.15, 0.2) is 0 Å². The lowest BCUT2D eigenvalue weighted by Gasteiger charge is -2.32. The van der Waals surface area contributed by atoms with Crippen molar-refractivity contribution in [2.45, 2.75) is 39.2 Å². The van der Waals surface area contributed by atoms with Crippen LogP contribution in [0.25, 0.3) is 0 Å². The summed E-state index contributed by atoms with van der Waals surface area (Å²) in [5.41, 5.74) is 0.328. The minimum Gasteiger partial charge on any atom is -0.392 e. The van der Waals surface area contributed by atoms with E-state index >= 15 is 0 Å². The third-order valence-electron chi connectivity index (χ3n) is 3.72. The van der Waals surface area contributed by atoms with Gasteiger partial charge in [0.05, 0.1) is 6.10 Å². The molecule has 0 unspecified atom stereocenters. The lowest BCUT2D eigenvalue weighted by Crippen LogP contribution is -2.25. The number of aliphatic hydroxyl groups excluding tert-OH is 1. The van der Waals surface area contributed by atoms with Gasteiger partial charge in [0.2, 0.25) is 0 Å². The molecular formula is C11H17BrO. The lowest BCUT2D eigenvalue weighted by atomic mass is 9.74. The van der Waals surface area contributed by atoms with Crippen LogP contribution in [0, 0.1) is 17.3 Å². The Morgan fingerprint density at radius 1 is 1.54 bits per heavy atom. The maximum absolute atomic E-state index is 9.91. The van der Waals surface area contributed by atoms with Crippen molar-refractivity contribution in [3.63, 3.8) is 0 Å². The van der Waals surface area contributed by atoms with E-state index in [4.69, 9.17) is 0 Å². The van der Waals surface area contributed by atoms with Crippen LogP contribution in [0.2, 0.25) is 0 Å². The van der Waals surface area contributed by atoms with E-state index in [9.17, 15) is 5.11 Å². The van der Waals surface area contributed by atoms with Crippen molar-refractivity contribution >= 4 is 15.9 Å². The summed E-state index contributed by atoms with van der Waals surface area (Å²) in [6.45, 7) is 4.57. The van der Waals surface area contributed by atoms with Gasteiger partial charge in [-0.2, -0.15) is 0 Å². The second-order valence-corrected chi connectivity index (χ2v) is 6.11. The van der Waals surface area contributed by atoms with Gasteiger partial charge in [0, 0.05) is 5.92 Å². The molecule has 0 saturated heterocycles. The predicted molar refractivity (Wildman–Crippen MR) is 57.6 cm³/mol. The Kier molecular flexibility index (Phi) is 2.31. The highest BCUT2D eigenvalue weighted by molar-refractivity contribution is 9.11. The monoisotopic (exact) mass is 244 g/mol. The average Bonchev–Trinajstić information content (AvgIpc) is 2.22. The minimum absolute atomic E-state index is 0.118. The first-order valence-electron chi connectivity index (χ1n) is 5.05. The van der Waals surface area contributed by atoms with Crippen LogP contribution in [0.15, 0.2) is 10.6 Å². The van der Waals surface area contributed by atoms with Crippen molar-refractivity contribution in [3.8, 4) is 0 Å². The minimum atomic E-state index is -0.118. The Hall–Kier alpha value is 0.180. The first-order valence-corrected chi connectivity index (χ1v) is 5.84. The van der Waals surface area contributed by atoms with E-state index in [0.29, 0.717) is 17.3 Å². The molecule has 1 N–H and O–H groups in total. The molecular weight excluding hydrogens is 228 g/mol. The van der Waals surface area contributed by atoms with Crippen LogP contribution in [0.4, 0.5) is 0 Å². The highest BCUT2D eigenvalue weighted by Gasteiger charge is 2.47. The van der Waals surface area contributed by atoms with Crippen LogP contribution in [-0.2, 0) is 0 Å². The fourth-order valence-corrected chi connectivity index (χ4v) is 3.55. The number of aliphatic hydroxyl groups is 1. The SMILES string of the molecule is CC1(C)C[C@@H](O)[C@@H]2C=C(Br)CC[C@@H]21. The molecule has 0 aliphatic heterocycles. The second-order valence-electron chi connectivity index (χ2n) is 5.10. The molecule has 0 radical (unpaired) electrons. The van der Waals surface area contributed by atoms with Gasteiger partial charge in [-0.1, -0.05) is 35.9 Å². The average molecular weight is 245 g/mol. The smallest absolute Gasteiger partial charge is 0.0611 e. The molecule has 0 amide bonds. The third-order valence-corrected chi connectivity index (χ3v) is 4.38. The molecule has 2 aliphatic carbocycles. The Morgan fingerprint density at radius 3 is 2.92 bits per heavy atom. The first-order chi connectivity index (χ1) is 6.00. The highest BCUT2D eigenvalue weighted by atomic mass is 79.9. The summed E-state index contributed by atoms with van der Waals surface area (Å²) >= 11 is 3.54. The maximum atomic E-state index is 9.91. The zero-order chi connectivity index (χ0) is 9.64. The van der Waals surface area contributed by atoms with Crippen LogP contribution < -0.4 is 0 Å². The van der Waals surface area contributed by atoms with Crippen LogP contribution in [0.1, 0.15) is 33.1 Å². The van der Waals surface area contributed by atoms with Gasteiger partial charge in [0.1, 0.15) is 0 Å². The number of rotatable bonds is 0. The van der Waals surface area contributed by atoms with Gasteiger partial charge in [-0.25, -0.2) is 0 Å². The van der Waals surface area contributed by atoms with Gasteiger partial charge in [0.25, 0.3) is 0 Å². The summed E-state index contributed by atoms with van der Waals surface area (Å²) in [6.07, 6.45) is 5.45. The Balaban J connectivity index is 2.27. The van der Waals surface area contributed by atoms with Crippen LogP contribution in [-0.4, -0.2) is 11.2 Å². The number of allylic oxidation sites excluding steroid dienone is 1. The van der Waals surface area contributed by atoms with Crippen molar-refractivity contribution in [2.24, 2.45) is 17.3 Å². The van der Waals surface area contributed by atoms with Gasteiger partial charge >= 0.3 is 0 Å². The van der Waals surface area contributed by atoms with E-state index in [-0.39, 0.29) is 6.10 Å². The van der Waals surface area contributed by atoms with E-state index < -0.39 is 0 Å². The molecule has 13 heavy (non-hydrogen) atoms. The van der Waals surface area contributed by atoms with E-state index in [1.807, 2.05) is 0 Å². The van der Waals surface area contributed by atoms with E-state index in [1.54, 1.807) is 0 Å². The molecule has 2 heteroatoms. The summed E-state index contributed by atoms with van der Waals surface area (Å²) in [5, 5.41) is 9.91. The summed E-state index contributed by atoms with van der Waals surface area (Å²) < 4.78 is 1.28. The molecule has 2 rings (SSSR count). The Bertz CT molecular complexity index is 244. The molecule has 0 heterocycles. The summed E-state index contributed by atoms with van der Waals surface area (Å²) in [7, 11) is 0. The third kappa shape index (κ3) is 1.59. The summed E-state index contributed by atoms with van der Waals surface area (Å²) in [4.78, 5) is 0. The first kappa shape index (κ1) is 9.72. The van der Waals surface area contributed by atoms with E-state index in [2.05, 4.69) is 35.9 Å². The van der Waals surface area contributed by atoms with Crippen molar-refractivity contribution < 1.29 is 5.11 Å². The van der Waals surface area contributed by atoms with E-state index in [1.165, 1.54) is 10.9 Å². The number of fused-ring (bicyclic) bond motifs is 1. The molecule has 1 fully saturated rings. The molecule has 0 spiro atoms. The molecule has 0 aromatic carbocycles. The van der Waals surface area contributed by atoms with Crippen LogP contribution in [0.5, 0.6) is 0 Å². The maximum Gasteiger partial charge on any atom is 0.0611 e. The summed E-state index contributed by atoms with van der Waals surface area (Å²) in [5.74, 6) is 1.09. The number of halogens is 1. The van der Waals surface area contributed by atoms with Crippen molar-refractivity contribution in [1.29, 1.82) is 0 Å². The van der Waals surface area contributed by atoms with Gasteiger partial charge in [-0.05, 0) is 35.1 Å². The second kappa shape index (κ2) is 3.09.